The molecule has 0 unspecified atom stereocenters. The zero-order chi connectivity index (χ0) is 16.6. The molecule has 1 aromatic heterocycles. The smallest absolute Gasteiger partial charge is 0.264 e. The number of benzene rings is 2. The Bertz CT molecular complexity index is 799. The van der Waals surface area contributed by atoms with E-state index >= 15 is 0 Å². The molecule has 0 spiro atoms. The molecular weight excluding hydrogens is 318 g/mol. The lowest BCUT2D eigenvalue weighted by Crippen LogP contribution is -2.18. The van der Waals surface area contributed by atoms with Gasteiger partial charge in [-0.05, 0) is 6.08 Å². The molecule has 3 aromatic rings. The number of hydrogen-bond donors (Lipinski definition) is 1. The van der Waals surface area contributed by atoms with Gasteiger partial charge >= 0.3 is 0 Å². The normalized spacial score (nSPS) is 10.5. The number of rotatable bonds is 5. The van der Waals surface area contributed by atoms with E-state index in [1.807, 2.05) is 66.0 Å². The number of thiazole rings is 1. The number of carbonyl (C=O) groups is 1. The van der Waals surface area contributed by atoms with Crippen LogP contribution < -0.4 is 5.43 Å². The molecule has 0 radical (unpaired) electrons. The van der Waals surface area contributed by atoms with Gasteiger partial charge in [-0.25, -0.2) is 10.4 Å². The van der Waals surface area contributed by atoms with Crippen LogP contribution in [0, 0.1) is 0 Å². The minimum Gasteiger partial charge on any atom is -0.268 e. The summed E-state index contributed by atoms with van der Waals surface area (Å²) >= 11 is 1.48. The van der Waals surface area contributed by atoms with E-state index in [1.54, 1.807) is 11.6 Å². The zero-order valence-electron chi connectivity index (χ0n) is 12.8. The van der Waals surface area contributed by atoms with Crippen LogP contribution in [0.1, 0.15) is 16.8 Å². The third kappa shape index (κ3) is 4.24. The van der Waals surface area contributed by atoms with Crippen LogP contribution in [0.3, 0.4) is 0 Å². The molecule has 1 amide bonds. The van der Waals surface area contributed by atoms with Crippen LogP contribution in [0.15, 0.2) is 82.7 Å². The van der Waals surface area contributed by atoms with Gasteiger partial charge in [0.1, 0.15) is 0 Å². The van der Waals surface area contributed by atoms with Gasteiger partial charge in [0.15, 0.2) is 0 Å². The second kappa shape index (κ2) is 7.99. The maximum absolute atomic E-state index is 12.0. The zero-order valence-corrected chi connectivity index (χ0v) is 13.6. The Labute approximate surface area is 144 Å². The summed E-state index contributed by atoms with van der Waals surface area (Å²) in [4.78, 5) is 16.1. The molecular formula is C19H15N3OS. The van der Waals surface area contributed by atoms with Crippen molar-refractivity contribution in [2.75, 3.05) is 0 Å². The fourth-order valence-corrected chi connectivity index (χ4v) is 2.62. The minimum atomic E-state index is -0.299. The number of hydrogen-bond acceptors (Lipinski definition) is 4. The van der Waals surface area contributed by atoms with Gasteiger partial charge in [-0.1, -0.05) is 60.7 Å². The van der Waals surface area contributed by atoms with E-state index in [1.165, 1.54) is 17.4 Å². The molecule has 0 fully saturated rings. The van der Waals surface area contributed by atoms with Crippen molar-refractivity contribution in [2.45, 2.75) is 0 Å². The summed E-state index contributed by atoms with van der Waals surface area (Å²) in [5, 5.41) is 6.18. The summed E-state index contributed by atoms with van der Waals surface area (Å²) in [6, 6.07) is 19.5. The average Bonchev–Trinajstić information content (AvgIpc) is 3.16. The van der Waals surface area contributed by atoms with Crippen LogP contribution in [0.2, 0.25) is 0 Å². The van der Waals surface area contributed by atoms with Crippen LogP contribution in [0.4, 0.5) is 0 Å². The molecule has 1 N–H and O–H groups in total. The Morgan fingerprint density at radius 1 is 1.00 bits per heavy atom. The van der Waals surface area contributed by atoms with Gasteiger partial charge in [-0.2, -0.15) is 5.10 Å². The Balaban J connectivity index is 1.81. The first kappa shape index (κ1) is 15.8. The van der Waals surface area contributed by atoms with E-state index in [4.69, 9.17) is 0 Å². The monoisotopic (exact) mass is 333 g/mol. The molecule has 1 heterocycles. The highest BCUT2D eigenvalue weighted by atomic mass is 32.1. The SMILES string of the molecule is O=C(C=Cc1cscn1)NN=C(c1ccccc1)c1ccccc1. The molecule has 0 aliphatic rings. The molecule has 4 nitrogen and oxygen atoms in total. The molecule has 118 valence electrons. The predicted octanol–water partition coefficient (Wildman–Crippen LogP) is 3.73. The lowest BCUT2D eigenvalue weighted by atomic mass is 10.0. The largest absolute Gasteiger partial charge is 0.268 e. The molecule has 3 rings (SSSR count). The first-order valence-electron chi connectivity index (χ1n) is 7.38. The van der Waals surface area contributed by atoms with Crippen molar-refractivity contribution in [3.05, 3.63) is 94.5 Å². The first-order valence-corrected chi connectivity index (χ1v) is 8.32. The number of hydrazone groups is 1. The highest BCUT2D eigenvalue weighted by Crippen LogP contribution is 2.10. The average molecular weight is 333 g/mol. The maximum Gasteiger partial charge on any atom is 0.264 e. The summed E-state index contributed by atoms with van der Waals surface area (Å²) < 4.78 is 0. The van der Waals surface area contributed by atoms with Crippen LogP contribution >= 0.6 is 11.3 Å². The Kier molecular flexibility index (Phi) is 5.27. The van der Waals surface area contributed by atoms with Crippen molar-refractivity contribution in [2.24, 2.45) is 5.10 Å². The number of carbonyl (C=O) groups excluding carboxylic acids is 1. The van der Waals surface area contributed by atoms with Crippen LogP contribution in [0.25, 0.3) is 6.08 Å². The topological polar surface area (TPSA) is 54.4 Å². The third-order valence-corrected chi connectivity index (χ3v) is 3.83. The molecule has 0 atom stereocenters. The lowest BCUT2D eigenvalue weighted by Gasteiger charge is -2.07. The van der Waals surface area contributed by atoms with E-state index in [2.05, 4.69) is 15.5 Å². The Morgan fingerprint density at radius 3 is 2.17 bits per heavy atom. The van der Waals surface area contributed by atoms with Gasteiger partial charge in [0, 0.05) is 22.6 Å². The quantitative estimate of drug-likeness (QED) is 0.439. The fourth-order valence-electron chi connectivity index (χ4n) is 2.10. The van der Waals surface area contributed by atoms with Crippen molar-refractivity contribution in [1.29, 1.82) is 0 Å². The van der Waals surface area contributed by atoms with E-state index in [9.17, 15) is 4.79 Å². The fraction of sp³-hybridized carbons (Fsp3) is 0. The van der Waals surface area contributed by atoms with Crippen LogP contribution in [-0.2, 0) is 4.79 Å². The minimum absolute atomic E-state index is 0.299. The van der Waals surface area contributed by atoms with Gasteiger partial charge in [0.25, 0.3) is 5.91 Å². The van der Waals surface area contributed by atoms with E-state index in [-0.39, 0.29) is 5.91 Å². The van der Waals surface area contributed by atoms with Gasteiger partial charge < -0.3 is 0 Å². The highest BCUT2D eigenvalue weighted by Gasteiger charge is 2.06. The van der Waals surface area contributed by atoms with Gasteiger partial charge in [-0.15, -0.1) is 11.3 Å². The molecule has 0 bridgehead atoms. The highest BCUT2D eigenvalue weighted by molar-refractivity contribution is 7.07. The van der Waals surface area contributed by atoms with Crippen molar-refractivity contribution in [1.82, 2.24) is 10.4 Å². The Hall–Kier alpha value is -3.05. The van der Waals surface area contributed by atoms with Crippen LogP contribution in [-0.4, -0.2) is 16.6 Å². The summed E-state index contributed by atoms with van der Waals surface area (Å²) in [6.07, 6.45) is 3.08. The van der Waals surface area contributed by atoms with Crippen molar-refractivity contribution >= 4 is 29.0 Å². The maximum atomic E-state index is 12.0. The van der Waals surface area contributed by atoms with Gasteiger partial charge in [-0.3, -0.25) is 4.79 Å². The van der Waals surface area contributed by atoms with E-state index in [0.29, 0.717) is 5.71 Å². The second-order valence-corrected chi connectivity index (χ2v) is 5.63. The Morgan fingerprint density at radius 2 is 1.62 bits per heavy atom. The molecule has 24 heavy (non-hydrogen) atoms. The molecule has 0 aliphatic heterocycles. The summed E-state index contributed by atoms with van der Waals surface area (Å²) in [5.74, 6) is -0.299. The molecule has 0 aliphatic carbocycles. The first-order chi connectivity index (χ1) is 11.8. The lowest BCUT2D eigenvalue weighted by molar-refractivity contribution is -0.116. The molecule has 5 heteroatoms. The van der Waals surface area contributed by atoms with Gasteiger partial charge in [0.2, 0.25) is 0 Å². The van der Waals surface area contributed by atoms with Crippen molar-refractivity contribution < 1.29 is 4.79 Å². The standard InChI is InChI=1S/C19H15N3OS/c23-18(12-11-17-13-24-14-20-17)21-22-19(15-7-3-1-4-8-15)16-9-5-2-6-10-16/h1-14H,(H,21,23). The third-order valence-electron chi connectivity index (χ3n) is 3.23. The van der Waals surface area contributed by atoms with Crippen molar-refractivity contribution in [3.63, 3.8) is 0 Å². The summed E-state index contributed by atoms with van der Waals surface area (Å²) in [6.45, 7) is 0. The summed E-state index contributed by atoms with van der Waals surface area (Å²) in [5.41, 5.74) is 7.65. The molecule has 0 saturated carbocycles. The molecule has 2 aromatic carbocycles. The van der Waals surface area contributed by atoms with Crippen molar-refractivity contribution in [3.8, 4) is 0 Å². The summed E-state index contributed by atoms with van der Waals surface area (Å²) in [7, 11) is 0. The number of nitrogens with one attached hydrogen (secondary N) is 1. The number of nitrogens with zero attached hydrogens (tertiary/aromatic N) is 2. The van der Waals surface area contributed by atoms with Crippen LogP contribution in [0.5, 0.6) is 0 Å². The second-order valence-electron chi connectivity index (χ2n) is 4.92. The van der Waals surface area contributed by atoms with E-state index < -0.39 is 0 Å². The molecule has 0 saturated heterocycles. The predicted molar refractivity (Wildman–Crippen MR) is 97.8 cm³/mol. The van der Waals surface area contributed by atoms with E-state index in [0.717, 1.165) is 16.8 Å². The number of amides is 1. The number of aromatic nitrogens is 1. The van der Waals surface area contributed by atoms with Gasteiger partial charge in [0.05, 0.1) is 16.9 Å².